The summed E-state index contributed by atoms with van der Waals surface area (Å²) >= 11 is 0. The Bertz CT molecular complexity index is 406. The van der Waals surface area contributed by atoms with Crippen molar-refractivity contribution in [2.45, 2.75) is 66.8 Å². The van der Waals surface area contributed by atoms with Crippen molar-refractivity contribution in [2.75, 3.05) is 13.7 Å². The second-order valence-corrected chi connectivity index (χ2v) is 7.57. The van der Waals surface area contributed by atoms with Gasteiger partial charge in [-0.3, -0.25) is 9.59 Å². The Hall–Kier alpha value is -1.39. The summed E-state index contributed by atoms with van der Waals surface area (Å²) in [6, 6.07) is -0.475. The Morgan fingerprint density at radius 1 is 1.04 bits per heavy atom. The van der Waals surface area contributed by atoms with E-state index in [0.717, 1.165) is 19.1 Å². The van der Waals surface area contributed by atoms with Crippen molar-refractivity contribution < 1.29 is 19.1 Å². The number of ether oxygens (including phenoxy) is 1. The predicted octanol–water partition coefficient (Wildman–Crippen LogP) is 3.31. The first kappa shape index (κ1) is 22.6. The maximum absolute atomic E-state index is 12.4. The first-order chi connectivity index (χ1) is 11.1. The van der Waals surface area contributed by atoms with E-state index in [4.69, 9.17) is 4.74 Å². The lowest BCUT2D eigenvalue weighted by Gasteiger charge is -2.26. The molecule has 5 nitrogen and oxygen atoms in total. The zero-order valence-corrected chi connectivity index (χ0v) is 16.4. The van der Waals surface area contributed by atoms with E-state index in [2.05, 4.69) is 13.8 Å². The molecule has 1 amide bonds. The van der Waals surface area contributed by atoms with Crippen molar-refractivity contribution in [3.05, 3.63) is 0 Å². The van der Waals surface area contributed by atoms with Crippen molar-refractivity contribution in [2.24, 2.45) is 23.7 Å². The highest BCUT2D eigenvalue weighted by atomic mass is 16.5. The second kappa shape index (κ2) is 11.2. The van der Waals surface area contributed by atoms with Crippen LogP contribution in [0.1, 0.15) is 60.8 Å². The molecule has 0 saturated heterocycles. The van der Waals surface area contributed by atoms with E-state index in [1.807, 2.05) is 27.7 Å². The lowest BCUT2D eigenvalue weighted by atomic mass is 9.85. The van der Waals surface area contributed by atoms with E-state index in [1.165, 1.54) is 4.90 Å². The molecular weight excluding hydrogens is 306 g/mol. The van der Waals surface area contributed by atoms with Gasteiger partial charge in [0.05, 0.1) is 12.0 Å². The predicted molar refractivity (Wildman–Crippen MR) is 95.4 cm³/mol. The van der Waals surface area contributed by atoms with Crippen molar-refractivity contribution in [3.8, 4) is 0 Å². The van der Waals surface area contributed by atoms with Gasteiger partial charge in [0, 0.05) is 7.05 Å². The standard InChI is InChI=1S/C19H35NO4/c1-8-15(6)17(10-14(4)5)19(23)24-12-18(22)20(7)16(11-21)9-13(2)3/h11,13-17H,8-10,12H2,1-7H3. The number of carbonyl (C=O) groups is 3. The van der Waals surface area contributed by atoms with Gasteiger partial charge in [0.15, 0.2) is 6.61 Å². The number of likely N-dealkylation sites (N-methyl/N-ethyl adjacent to an activating group) is 1. The van der Waals surface area contributed by atoms with Gasteiger partial charge >= 0.3 is 5.97 Å². The zero-order chi connectivity index (χ0) is 18.9. The molecule has 0 aromatic rings. The molecule has 0 aliphatic heterocycles. The summed E-state index contributed by atoms with van der Waals surface area (Å²) in [5.41, 5.74) is 0. The summed E-state index contributed by atoms with van der Waals surface area (Å²) in [6.07, 6.45) is 3.02. The molecule has 3 atom stereocenters. The zero-order valence-electron chi connectivity index (χ0n) is 16.4. The number of rotatable bonds is 11. The van der Waals surface area contributed by atoms with Gasteiger partial charge in [0.1, 0.15) is 6.29 Å². The molecular formula is C19H35NO4. The number of hydrogen-bond donors (Lipinski definition) is 0. The molecule has 0 saturated carbocycles. The van der Waals surface area contributed by atoms with Gasteiger partial charge in [-0.25, -0.2) is 0 Å². The third-order valence-electron chi connectivity index (χ3n) is 4.46. The molecule has 0 radical (unpaired) electrons. The number of hydrogen-bond acceptors (Lipinski definition) is 4. The maximum atomic E-state index is 12.4. The van der Waals surface area contributed by atoms with Gasteiger partial charge in [-0.05, 0) is 30.6 Å². The number of esters is 1. The lowest BCUT2D eigenvalue weighted by Crippen LogP contribution is -2.41. The van der Waals surface area contributed by atoms with E-state index < -0.39 is 6.04 Å². The SMILES string of the molecule is CCC(C)C(CC(C)C)C(=O)OCC(=O)N(C)C(C=O)CC(C)C. The minimum absolute atomic E-state index is 0.189. The molecule has 0 aliphatic rings. The van der Waals surface area contributed by atoms with Crippen LogP contribution in [0.25, 0.3) is 0 Å². The van der Waals surface area contributed by atoms with Crippen LogP contribution in [-0.2, 0) is 19.1 Å². The fraction of sp³-hybridized carbons (Fsp3) is 0.842. The Morgan fingerprint density at radius 3 is 2.00 bits per heavy atom. The molecule has 5 heteroatoms. The van der Waals surface area contributed by atoms with Gasteiger partial charge in [-0.1, -0.05) is 48.0 Å². The van der Waals surface area contributed by atoms with Gasteiger partial charge in [-0.2, -0.15) is 0 Å². The summed E-state index contributed by atoms with van der Waals surface area (Å²) in [6.45, 7) is 11.9. The summed E-state index contributed by atoms with van der Waals surface area (Å²) in [4.78, 5) is 37.1. The Morgan fingerprint density at radius 2 is 1.58 bits per heavy atom. The third-order valence-corrected chi connectivity index (χ3v) is 4.46. The smallest absolute Gasteiger partial charge is 0.309 e. The molecule has 0 rings (SSSR count). The van der Waals surface area contributed by atoms with Crippen molar-refractivity contribution >= 4 is 18.2 Å². The van der Waals surface area contributed by atoms with Crippen LogP contribution < -0.4 is 0 Å². The molecule has 0 bridgehead atoms. The van der Waals surface area contributed by atoms with Gasteiger partial charge in [-0.15, -0.1) is 0 Å². The lowest BCUT2D eigenvalue weighted by molar-refractivity contribution is -0.158. The number of nitrogens with zero attached hydrogens (tertiary/aromatic N) is 1. The van der Waals surface area contributed by atoms with Crippen molar-refractivity contribution in [1.29, 1.82) is 0 Å². The number of aldehydes is 1. The third kappa shape index (κ3) is 7.93. The topological polar surface area (TPSA) is 63.7 Å². The molecule has 0 heterocycles. The number of carbonyl (C=O) groups excluding carboxylic acids is 3. The van der Waals surface area contributed by atoms with Crippen LogP contribution in [0.3, 0.4) is 0 Å². The molecule has 0 aliphatic carbocycles. The van der Waals surface area contributed by atoms with Gasteiger partial charge in [0.2, 0.25) is 0 Å². The number of amides is 1. The summed E-state index contributed by atoms with van der Waals surface area (Å²) in [7, 11) is 1.58. The van der Waals surface area contributed by atoms with Crippen molar-refractivity contribution in [3.63, 3.8) is 0 Å². The Labute approximate surface area is 147 Å². The molecule has 0 aromatic heterocycles. The summed E-state index contributed by atoms with van der Waals surface area (Å²) < 4.78 is 5.26. The maximum Gasteiger partial charge on any atom is 0.309 e. The highest BCUT2D eigenvalue weighted by molar-refractivity contribution is 5.83. The molecule has 24 heavy (non-hydrogen) atoms. The highest BCUT2D eigenvalue weighted by Crippen LogP contribution is 2.24. The molecule has 0 N–H and O–H groups in total. The Balaban J connectivity index is 4.69. The minimum Gasteiger partial charge on any atom is -0.455 e. The van der Waals surface area contributed by atoms with E-state index in [0.29, 0.717) is 18.3 Å². The second-order valence-electron chi connectivity index (χ2n) is 7.57. The molecule has 0 fully saturated rings. The van der Waals surface area contributed by atoms with Crippen LogP contribution in [0.5, 0.6) is 0 Å². The van der Waals surface area contributed by atoms with Crippen LogP contribution in [0.2, 0.25) is 0 Å². The van der Waals surface area contributed by atoms with Crippen molar-refractivity contribution in [1.82, 2.24) is 4.90 Å². The first-order valence-electron chi connectivity index (χ1n) is 9.01. The van der Waals surface area contributed by atoms with Crippen LogP contribution in [0, 0.1) is 23.7 Å². The largest absolute Gasteiger partial charge is 0.455 e. The molecule has 3 unspecified atom stereocenters. The molecule has 0 aromatic carbocycles. The van der Waals surface area contributed by atoms with E-state index in [1.54, 1.807) is 7.05 Å². The summed E-state index contributed by atoms with van der Waals surface area (Å²) in [5, 5.41) is 0. The van der Waals surface area contributed by atoms with E-state index in [9.17, 15) is 14.4 Å². The average molecular weight is 341 g/mol. The van der Waals surface area contributed by atoms with Gasteiger partial charge < -0.3 is 14.4 Å². The van der Waals surface area contributed by atoms with Crippen LogP contribution >= 0.6 is 0 Å². The van der Waals surface area contributed by atoms with E-state index in [-0.39, 0.29) is 30.3 Å². The molecule has 140 valence electrons. The van der Waals surface area contributed by atoms with Crippen LogP contribution in [0.4, 0.5) is 0 Å². The van der Waals surface area contributed by atoms with Crippen LogP contribution in [0.15, 0.2) is 0 Å². The summed E-state index contributed by atoms with van der Waals surface area (Å²) in [5.74, 6) is 0.0705. The van der Waals surface area contributed by atoms with E-state index >= 15 is 0 Å². The Kier molecular flexibility index (Phi) is 10.6. The van der Waals surface area contributed by atoms with Gasteiger partial charge in [0.25, 0.3) is 5.91 Å². The average Bonchev–Trinajstić information content (AvgIpc) is 2.53. The van der Waals surface area contributed by atoms with Crippen LogP contribution in [-0.4, -0.2) is 42.8 Å². The molecule has 0 spiro atoms. The first-order valence-corrected chi connectivity index (χ1v) is 9.01. The monoisotopic (exact) mass is 341 g/mol. The fourth-order valence-electron chi connectivity index (χ4n) is 2.67. The normalized spacial score (nSPS) is 15.0. The fourth-order valence-corrected chi connectivity index (χ4v) is 2.67. The highest BCUT2D eigenvalue weighted by Gasteiger charge is 2.28. The quantitative estimate of drug-likeness (QED) is 0.427. The minimum atomic E-state index is -0.475.